The highest BCUT2D eigenvalue weighted by Crippen LogP contribution is 2.53. The first-order chi connectivity index (χ1) is 68.9. The second kappa shape index (κ2) is 39.4. The topological polar surface area (TPSA) is 448 Å². The van der Waals surface area contributed by atoms with E-state index >= 15 is 0 Å². The lowest BCUT2D eigenvalue weighted by Crippen LogP contribution is -2.63. The van der Waals surface area contributed by atoms with Crippen molar-refractivity contribution in [2.75, 3.05) is 116 Å². The third-order valence-electron chi connectivity index (χ3n) is 28.6. The van der Waals surface area contributed by atoms with Gasteiger partial charge in [0, 0.05) is 122 Å². The van der Waals surface area contributed by atoms with Gasteiger partial charge in [-0.05, 0) is 296 Å². The van der Waals surface area contributed by atoms with Crippen molar-refractivity contribution in [1.82, 2.24) is 70.5 Å². The van der Waals surface area contributed by atoms with Gasteiger partial charge in [-0.1, -0.05) is 25.0 Å². The summed E-state index contributed by atoms with van der Waals surface area (Å²) in [6.45, 7) is 11.1. The molecule has 13 fully saturated rings. The van der Waals surface area contributed by atoms with Crippen LogP contribution in [0.1, 0.15) is 145 Å². The molecule has 0 bridgehead atoms. The number of rotatable bonds is 33. The van der Waals surface area contributed by atoms with E-state index in [2.05, 4.69) is 104 Å². The normalized spacial score (nSPS) is 20.6. The molecule has 4 aromatic carbocycles. The van der Waals surface area contributed by atoms with Gasteiger partial charge in [0.05, 0.1) is 63.8 Å². The first kappa shape index (κ1) is 95.6. The maximum atomic E-state index is 14.9. The summed E-state index contributed by atoms with van der Waals surface area (Å²) in [6.07, 6.45) is 21.7. The van der Waals surface area contributed by atoms with Crippen LogP contribution >= 0.6 is 47.0 Å². The number of amidine groups is 1. The van der Waals surface area contributed by atoms with Crippen LogP contribution in [0.4, 0.5) is 94.2 Å². The number of β-amino-alcohol motifs (C(OH)–C–C–N with tert-alkyl or cyclic N) is 4. The molecule has 744 valence electrons. The number of aliphatic imine (C=N–C) groups is 1. The number of carbonyl (C=O) groups is 4. The molecule has 34 nitrogen and oxygen atoms in total. The number of anilines is 14. The highest BCUT2D eigenvalue weighted by molar-refractivity contribution is 8.00. The monoisotopic (exact) mass is 2010 g/mol. The van der Waals surface area contributed by atoms with Gasteiger partial charge in [-0.15, -0.1) is 0 Å². The van der Waals surface area contributed by atoms with Crippen LogP contribution in [-0.4, -0.2) is 207 Å². The molecule has 1 atom stereocenters. The van der Waals surface area contributed by atoms with Gasteiger partial charge in [-0.25, -0.2) is 53.0 Å². The van der Waals surface area contributed by atoms with Crippen LogP contribution in [0.3, 0.4) is 0 Å². The summed E-state index contributed by atoms with van der Waals surface area (Å²) in [5.41, 5.74) is 4.49. The van der Waals surface area contributed by atoms with Crippen molar-refractivity contribution >= 4 is 157 Å². The molecule has 0 radical (unpaired) electrons. The Morgan fingerprint density at radius 2 is 0.748 bits per heavy atom. The average Bonchev–Trinajstić information content (AvgIpc) is 1.64. The number of amides is 3. The molecule has 12 heterocycles. The molecule has 9 aliphatic carbocycles. The Hall–Kier alpha value is -12.3. The highest BCUT2D eigenvalue weighted by atomic mass is 32.2. The highest BCUT2D eigenvalue weighted by Gasteiger charge is 2.62. The van der Waals surface area contributed by atoms with Gasteiger partial charge in [-0.3, -0.25) is 39.5 Å². The number of halogens is 3. The maximum absolute atomic E-state index is 14.9. The molecule has 41 heteroatoms. The van der Waals surface area contributed by atoms with Crippen LogP contribution in [0.2, 0.25) is 0 Å². The number of benzene rings is 4. The molecule has 9 saturated carbocycles. The van der Waals surface area contributed by atoms with Crippen LogP contribution in [-0.2, 0) is 25.6 Å². The van der Waals surface area contributed by atoms with Gasteiger partial charge in [0.1, 0.15) is 92.3 Å². The fraction of sp³-hybridized carbons (Fsp3) is 0.451. The third-order valence-corrected chi connectivity index (χ3v) is 32.1. The number of hydrogen-bond donors (Lipinski definition) is 14. The Bertz CT molecular complexity index is 6490. The van der Waals surface area contributed by atoms with Crippen molar-refractivity contribution in [3.63, 3.8) is 0 Å². The summed E-state index contributed by atoms with van der Waals surface area (Å²) in [6, 6.07) is 40.7. The van der Waals surface area contributed by atoms with Gasteiger partial charge in [-0.2, -0.15) is 15.3 Å². The standard InChI is InChI=1S/C28H31N5O2S.C26H31N7O2S.C24H25F2N7O2S.C24H26FN7O2S/c34-23(19-5-6-19)11-17-1-9-22(10-2-17)36-27-31-25(30-24-12-20(14-29-24)18-3-4-18)13-26(32-27)33-15-28(35,16-33)21-7-8-21;1-16-12-22(32-31-16)28-21-13-23(33-14-26(35,15-33)18-6-7-18)30-25(29-21)36-20-10-8-19(9-11-20)27-24(34)17-4-2-3-5-17;1-13-8-19(32-31-13)28-18-9-20(33-11-23(35,12-33)14-2-3-14)30-22(29-18)36-16-6-4-15(5-7-16)27-21(34)17-10-24(17,25)26;1-13-8-20(31-30-13)27-19-10-21(32-11-24(34,12-32)15-4-5-15)29-23(28-19)35-18-7-6-16(9-17(18)25)26-22(33)14-2-3-14/h1-2,9-10,12-13,18-19,21,35H,3-8,11,14-16H2,(H,29,30,31,32);8-13,17-18,35H,2-7,14-15H2,1H3,(H,27,34)(H2,28,29,30,31,32);4-9,14,17,35H,2-3,10-12H2,1H3,(H,27,34)(H2,28,29,30,31,32);6-10,14-15,34H,2-5,11-12H2,1H3,(H,26,33)(H2,27,28,29,30,31). The van der Waals surface area contributed by atoms with Crippen LogP contribution in [0, 0.1) is 79.8 Å². The first-order valence-electron chi connectivity index (χ1n) is 49.4. The molecule has 11 aromatic rings. The lowest BCUT2D eigenvalue weighted by atomic mass is 9.89. The minimum Gasteiger partial charge on any atom is -0.386 e. The van der Waals surface area contributed by atoms with E-state index in [1.807, 2.05) is 122 Å². The quantitative estimate of drug-likeness (QED) is 0.0170. The second-order valence-corrected chi connectivity index (χ2v) is 45.1. The number of nitrogens with zero attached hydrogens (tertiary/aromatic N) is 16. The number of Topliss-reactive ketones (excluding diaryl/α,β-unsaturated/α-hetero) is 1. The molecule has 14 aliphatic rings. The van der Waals surface area contributed by atoms with Crippen molar-refractivity contribution in [3.05, 3.63) is 174 Å². The van der Waals surface area contributed by atoms with Crippen molar-refractivity contribution < 1.29 is 52.8 Å². The molecule has 14 N–H and O–H groups in total. The summed E-state index contributed by atoms with van der Waals surface area (Å²) < 4.78 is 41.1. The number of aryl methyl sites for hydroxylation is 3. The number of H-pyrrole nitrogens is 3. The zero-order valence-corrected chi connectivity index (χ0v) is 82.6. The zero-order valence-electron chi connectivity index (χ0n) is 79.3. The molecule has 1 unspecified atom stereocenters. The van der Waals surface area contributed by atoms with Crippen molar-refractivity contribution in [2.45, 2.75) is 218 Å². The summed E-state index contributed by atoms with van der Waals surface area (Å²) >= 11 is 5.42. The van der Waals surface area contributed by atoms with E-state index in [0.29, 0.717) is 184 Å². The minimum atomic E-state index is -2.90. The number of carbonyl (C=O) groups excluding carboxylic acids is 4. The number of nitrogens with one attached hydrogen (secondary N) is 10. The summed E-state index contributed by atoms with van der Waals surface area (Å²) in [4.78, 5) is 102. The van der Waals surface area contributed by atoms with Crippen LogP contribution in [0.15, 0.2) is 190 Å². The Balaban J connectivity index is 0.000000109. The molecular weight excluding hydrogens is 1900 g/mol. The van der Waals surface area contributed by atoms with Crippen LogP contribution in [0.25, 0.3) is 0 Å². The van der Waals surface area contributed by atoms with E-state index in [4.69, 9.17) is 24.9 Å². The van der Waals surface area contributed by atoms with E-state index in [9.17, 15) is 52.8 Å². The molecule has 143 heavy (non-hydrogen) atoms. The van der Waals surface area contributed by atoms with E-state index < -0.39 is 52.4 Å². The molecule has 7 aromatic heterocycles. The molecule has 3 amide bonds. The molecule has 25 rings (SSSR count). The Morgan fingerprint density at radius 3 is 1.10 bits per heavy atom. The fourth-order valence-corrected chi connectivity index (χ4v) is 22.1. The predicted octanol–water partition coefficient (Wildman–Crippen LogP) is 16.6. The van der Waals surface area contributed by atoms with E-state index in [1.165, 1.54) is 59.8 Å². The third kappa shape index (κ3) is 23.6. The zero-order chi connectivity index (χ0) is 98.2. The number of aromatic nitrogens is 14. The van der Waals surface area contributed by atoms with Crippen molar-refractivity contribution in [1.29, 1.82) is 0 Å². The van der Waals surface area contributed by atoms with Crippen LogP contribution < -0.4 is 56.8 Å². The summed E-state index contributed by atoms with van der Waals surface area (Å²) in [7, 11) is 0. The SMILES string of the molecule is Cc1cc(Nc2cc(N3CC(O)(C4CC4)C3)nc(Sc3ccc(NC(=O)C4CC4(F)F)cc3)n2)n[nH]1.Cc1cc(Nc2cc(N3CC(O)(C4CC4)C3)nc(Sc3ccc(NC(=O)C4CC4)cc3F)n2)n[nH]1.Cc1cc(Nc2cc(N3CC(O)(C4CC4)C3)nc(Sc3ccc(NC(=O)C4CCCC4)cc3)n2)n[nH]1.O=C(Cc1ccc(Sc2nc(NC3=NCC(C4CC4)=C3)cc(N3CC(O)(C4CC4)C3)n2)cc1)C1CC1. The van der Waals surface area contributed by atoms with Crippen LogP contribution in [0.5, 0.6) is 0 Å². The average molecular weight is 2020 g/mol. The minimum absolute atomic E-state index is 0.0477. The van der Waals surface area contributed by atoms with Crippen molar-refractivity contribution in [2.24, 2.45) is 58.3 Å². The Kier molecular flexibility index (Phi) is 26.3. The van der Waals surface area contributed by atoms with Gasteiger partial charge >= 0.3 is 0 Å². The molecular formula is C102H113F3N26O8S4. The maximum Gasteiger partial charge on any atom is 0.260 e. The van der Waals surface area contributed by atoms with E-state index in [-0.39, 0.29) is 23.7 Å². The van der Waals surface area contributed by atoms with Gasteiger partial charge in [0.15, 0.2) is 38.1 Å². The number of aromatic amines is 3. The van der Waals surface area contributed by atoms with Gasteiger partial charge in [0.2, 0.25) is 17.7 Å². The number of ketones is 1. The number of hydrogen-bond acceptors (Lipinski definition) is 32. The van der Waals surface area contributed by atoms with E-state index in [1.54, 1.807) is 36.4 Å². The smallest absolute Gasteiger partial charge is 0.260 e. The largest absolute Gasteiger partial charge is 0.386 e. The Labute approximate surface area is 840 Å². The number of alkyl halides is 2. The lowest BCUT2D eigenvalue weighted by Gasteiger charge is -2.47. The molecule has 4 saturated heterocycles. The second-order valence-electron chi connectivity index (χ2n) is 40.9. The Morgan fingerprint density at radius 1 is 0.399 bits per heavy atom. The van der Waals surface area contributed by atoms with Gasteiger partial charge < -0.3 is 77.2 Å². The first-order valence-corrected chi connectivity index (χ1v) is 52.7. The summed E-state index contributed by atoms with van der Waals surface area (Å²) in [5, 5.41) is 88.1. The fourth-order valence-electron chi connectivity index (χ4n) is 19.0. The van der Waals surface area contributed by atoms with Gasteiger partial charge in [0.25, 0.3) is 5.92 Å². The van der Waals surface area contributed by atoms with E-state index in [0.717, 1.165) is 187 Å². The number of aliphatic hydroxyl groups is 4. The van der Waals surface area contributed by atoms with Crippen molar-refractivity contribution in [3.8, 4) is 0 Å². The molecule has 0 spiro atoms. The predicted molar refractivity (Wildman–Crippen MR) is 542 cm³/mol. The lowest BCUT2D eigenvalue weighted by molar-refractivity contribution is -0.120. The summed E-state index contributed by atoms with van der Waals surface area (Å²) in [5.74, 6) is 6.20. The molecule has 5 aliphatic heterocycles.